The molecule has 1 aromatic rings. The Bertz CT molecular complexity index is 301. The highest BCUT2D eigenvalue weighted by atomic mass is 14.7. The van der Waals surface area contributed by atoms with Gasteiger partial charge in [0, 0.05) is 24.2 Å². The van der Waals surface area contributed by atoms with Crippen LogP contribution in [0.25, 0.3) is 5.70 Å². The van der Waals surface area contributed by atoms with Gasteiger partial charge in [0.05, 0.1) is 5.70 Å². The molecule has 0 saturated carbocycles. The van der Waals surface area contributed by atoms with E-state index in [9.17, 15) is 0 Å². The van der Waals surface area contributed by atoms with Crippen LogP contribution < -0.4 is 0 Å². The molecule has 0 amide bonds. The molecule has 0 fully saturated rings. The lowest BCUT2D eigenvalue weighted by Gasteiger charge is -1.97. The Morgan fingerprint density at radius 1 is 1.50 bits per heavy atom. The van der Waals surface area contributed by atoms with E-state index in [-0.39, 0.29) is 0 Å². The zero-order valence-electron chi connectivity index (χ0n) is 8.61. The summed E-state index contributed by atoms with van der Waals surface area (Å²) in [6, 6.07) is 3.83. The second-order valence-corrected chi connectivity index (χ2v) is 3.14. The maximum absolute atomic E-state index is 4.28. The molecule has 2 nitrogen and oxygen atoms in total. The van der Waals surface area contributed by atoms with Crippen LogP contribution in [-0.4, -0.2) is 11.2 Å². The zero-order chi connectivity index (χ0) is 10.2. The Labute approximate surface area is 85.4 Å². The van der Waals surface area contributed by atoms with E-state index >= 15 is 0 Å². The van der Waals surface area contributed by atoms with Crippen LogP contribution in [0.5, 0.6) is 0 Å². The fraction of sp³-hybridized carbons (Fsp3) is 0.333. The summed E-state index contributed by atoms with van der Waals surface area (Å²) in [7, 11) is 0. The van der Waals surface area contributed by atoms with Crippen molar-refractivity contribution in [1.29, 1.82) is 0 Å². The van der Waals surface area contributed by atoms with E-state index in [1.54, 1.807) is 12.4 Å². The molecule has 0 aliphatic heterocycles. The first kappa shape index (κ1) is 10.6. The largest absolute Gasteiger partial charge is 0.265 e. The van der Waals surface area contributed by atoms with Crippen LogP contribution in [0.15, 0.2) is 36.1 Å². The van der Waals surface area contributed by atoms with Gasteiger partial charge in [-0.2, -0.15) is 0 Å². The fourth-order valence-corrected chi connectivity index (χ4v) is 1.09. The summed E-state index contributed by atoms with van der Waals surface area (Å²) < 4.78 is 0. The predicted octanol–water partition coefficient (Wildman–Crippen LogP) is 3.31. The molecule has 14 heavy (non-hydrogen) atoms. The highest BCUT2D eigenvalue weighted by Gasteiger charge is 1.93. The number of unbranched alkanes of at least 4 members (excludes halogenated alkanes) is 2. The van der Waals surface area contributed by atoms with Gasteiger partial charge >= 0.3 is 0 Å². The van der Waals surface area contributed by atoms with Gasteiger partial charge in [-0.05, 0) is 25.0 Å². The van der Waals surface area contributed by atoms with Crippen molar-refractivity contribution < 1.29 is 0 Å². The monoisotopic (exact) mass is 188 g/mol. The fourth-order valence-electron chi connectivity index (χ4n) is 1.09. The normalized spacial score (nSPS) is 10.6. The summed E-state index contributed by atoms with van der Waals surface area (Å²) in [5, 5.41) is 0. The minimum Gasteiger partial charge on any atom is -0.265 e. The third-order valence-electron chi connectivity index (χ3n) is 1.95. The SMILES string of the molecule is C=C(N=CCCCC)c1ccncc1. The lowest BCUT2D eigenvalue weighted by Crippen LogP contribution is -1.81. The van der Waals surface area contributed by atoms with E-state index in [0.29, 0.717) is 0 Å². The molecule has 0 aliphatic carbocycles. The van der Waals surface area contributed by atoms with E-state index in [1.807, 2.05) is 18.3 Å². The summed E-state index contributed by atoms with van der Waals surface area (Å²) >= 11 is 0. The molecule has 1 aromatic heterocycles. The van der Waals surface area contributed by atoms with Crippen molar-refractivity contribution in [2.75, 3.05) is 0 Å². The molecule has 0 N–H and O–H groups in total. The quantitative estimate of drug-likeness (QED) is 0.514. The van der Waals surface area contributed by atoms with Crippen molar-refractivity contribution in [3.8, 4) is 0 Å². The van der Waals surface area contributed by atoms with Crippen molar-refractivity contribution in [1.82, 2.24) is 4.98 Å². The smallest absolute Gasteiger partial charge is 0.0627 e. The van der Waals surface area contributed by atoms with Crippen LogP contribution in [0.2, 0.25) is 0 Å². The first-order valence-corrected chi connectivity index (χ1v) is 4.96. The number of rotatable bonds is 5. The topological polar surface area (TPSA) is 25.2 Å². The third kappa shape index (κ3) is 3.52. The van der Waals surface area contributed by atoms with Gasteiger partial charge in [0.15, 0.2) is 0 Å². The molecule has 0 radical (unpaired) electrons. The van der Waals surface area contributed by atoms with Crippen molar-refractivity contribution >= 4 is 11.9 Å². The van der Waals surface area contributed by atoms with E-state index in [1.165, 1.54) is 12.8 Å². The van der Waals surface area contributed by atoms with Crippen molar-refractivity contribution in [2.24, 2.45) is 4.99 Å². The molecule has 1 rings (SSSR count). The number of aliphatic imine (C=N–C) groups is 1. The Balaban J connectivity index is 2.47. The summed E-state index contributed by atoms with van der Waals surface area (Å²) in [5.74, 6) is 0. The average molecular weight is 188 g/mol. The first-order valence-electron chi connectivity index (χ1n) is 4.96. The second-order valence-electron chi connectivity index (χ2n) is 3.14. The van der Waals surface area contributed by atoms with E-state index in [2.05, 4.69) is 23.5 Å². The Hall–Kier alpha value is -1.44. The lowest BCUT2D eigenvalue weighted by molar-refractivity contribution is 0.843. The average Bonchev–Trinajstić information content (AvgIpc) is 2.25. The minimum atomic E-state index is 0.809. The van der Waals surface area contributed by atoms with Gasteiger partial charge in [0.1, 0.15) is 0 Å². The molecule has 1 heterocycles. The van der Waals surface area contributed by atoms with Crippen LogP contribution in [0.1, 0.15) is 31.7 Å². The summed E-state index contributed by atoms with van der Waals surface area (Å²) in [4.78, 5) is 8.23. The molecule has 0 aliphatic rings. The predicted molar refractivity (Wildman–Crippen MR) is 61.3 cm³/mol. The molecule has 0 bridgehead atoms. The van der Waals surface area contributed by atoms with Gasteiger partial charge in [0.2, 0.25) is 0 Å². The molecule has 0 saturated heterocycles. The molecular formula is C12H16N2. The van der Waals surface area contributed by atoms with Crippen molar-refractivity contribution in [2.45, 2.75) is 26.2 Å². The summed E-state index contributed by atoms with van der Waals surface area (Å²) in [6.45, 7) is 6.07. The van der Waals surface area contributed by atoms with Gasteiger partial charge in [-0.25, -0.2) is 0 Å². The van der Waals surface area contributed by atoms with Gasteiger partial charge < -0.3 is 0 Å². The molecule has 74 valence electrons. The summed E-state index contributed by atoms with van der Waals surface area (Å²) in [5.41, 5.74) is 1.84. The van der Waals surface area contributed by atoms with Crippen LogP contribution in [0.3, 0.4) is 0 Å². The van der Waals surface area contributed by atoms with E-state index in [0.717, 1.165) is 17.7 Å². The number of hydrogen-bond acceptors (Lipinski definition) is 2. The zero-order valence-corrected chi connectivity index (χ0v) is 8.61. The third-order valence-corrected chi connectivity index (χ3v) is 1.95. The van der Waals surface area contributed by atoms with E-state index < -0.39 is 0 Å². The second kappa shape index (κ2) is 6.08. The maximum atomic E-state index is 4.28. The Morgan fingerprint density at radius 2 is 2.21 bits per heavy atom. The highest BCUT2D eigenvalue weighted by molar-refractivity contribution is 5.72. The van der Waals surface area contributed by atoms with Gasteiger partial charge in [-0.15, -0.1) is 0 Å². The molecular weight excluding hydrogens is 172 g/mol. The highest BCUT2D eigenvalue weighted by Crippen LogP contribution is 2.11. The molecule has 0 atom stereocenters. The lowest BCUT2D eigenvalue weighted by atomic mass is 10.2. The number of hydrogen-bond donors (Lipinski definition) is 0. The maximum Gasteiger partial charge on any atom is 0.0627 e. The standard InChI is InChI=1S/C12H16N2/c1-3-4-5-8-14-11(2)12-6-9-13-10-7-12/h6-10H,2-5H2,1H3. The van der Waals surface area contributed by atoms with Gasteiger partial charge in [-0.3, -0.25) is 9.98 Å². The first-order chi connectivity index (χ1) is 6.84. The number of nitrogens with zero attached hydrogens (tertiary/aromatic N) is 2. The molecule has 0 spiro atoms. The van der Waals surface area contributed by atoms with Gasteiger partial charge in [-0.1, -0.05) is 19.9 Å². The van der Waals surface area contributed by atoms with Crippen LogP contribution in [0.4, 0.5) is 0 Å². The molecule has 2 heteroatoms. The van der Waals surface area contributed by atoms with Crippen LogP contribution >= 0.6 is 0 Å². The van der Waals surface area contributed by atoms with Crippen molar-refractivity contribution in [3.05, 3.63) is 36.7 Å². The number of aromatic nitrogens is 1. The van der Waals surface area contributed by atoms with Crippen LogP contribution in [0, 0.1) is 0 Å². The minimum absolute atomic E-state index is 0.809. The van der Waals surface area contributed by atoms with E-state index in [4.69, 9.17) is 0 Å². The molecule has 0 aromatic carbocycles. The summed E-state index contributed by atoms with van der Waals surface area (Å²) in [6.07, 6.45) is 8.86. The molecule has 0 unspecified atom stereocenters. The Kier molecular flexibility index (Phi) is 4.62. The Morgan fingerprint density at radius 3 is 2.86 bits per heavy atom. The number of pyridine rings is 1. The van der Waals surface area contributed by atoms with Gasteiger partial charge in [0.25, 0.3) is 0 Å². The van der Waals surface area contributed by atoms with Crippen LogP contribution in [-0.2, 0) is 0 Å². The van der Waals surface area contributed by atoms with Crippen molar-refractivity contribution in [3.63, 3.8) is 0 Å².